The summed E-state index contributed by atoms with van der Waals surface area (Å²) in [6, 6.07) is 8.81. The van der Waals surface area contributed by atoms with Gasteiger partial charge in [-0.05, 0) is 35.3 Å². The predicted molar refractivity (Wildman–Crippen MR) is 66.5 cm³/mol. The van der Waals surface area contributed by atoms with E-state index in [1.165, 1.54) is 24.0 Å². The largest absolute Gasteiger partial charge is 0.118 e. The molecule has 2 rings (SSSR count). The van der Waals surface area contributed by atoms with Crippen LogP contribution in [0.2, 0.25) is 0 Å². The summed E-state index contributed by atoms with van der Waals surface area (Å²) in [5, 5.41) is 0.235. The SMILES string of the molecule is CC(C)(C)c1ccc(C(Cl)C2CC2)cc1. The molecule has 0 radical (unpaired) electrons. The number of halogens is 1. The van der Waals surface area contributed by atoms with Crippen LogP contribution in [-0.4, -0.2) is 0 Å². The quantitative estimate of drug-likeness (QED) is 0.638. The molecule has 0 heterocycles. The van der Waals surface area contributed by atoms with Gasteiger partial charge in [0.1, 0.15) is 0 Å². The maximum atomic E-state index is 6.37. The molecule has 1 fully saturated rings. The monoisotopic (exact) mass is 222 g/mol. The van der Waals surface area contributed by atoms with Crippen LogP contribution >= 0.6 is 11.6 Å². The number of rotatable bonds is 2. The van der Waals surface area contributed by atoms with E-state index in [0.717, 1.165) is 5.92 Å². The van der Waals surface area contributed by atoms with Crippen molar-refractivity contribution >= 4 is 11.6 Å². The van der Waals surface area contributed by atoms with Crippen molar-refractivity contribution in [3.05, 3.63) is 35.4 Å². The van der Waals surface area contributed by atoms with Crippen LogP contribution in [0.5, 0.6) is 0 Å². The van der Waals surface area contributed by atoms with E-state index in [0.29, 0.717) is 0 Å². The molecule has 0 nitrogen and oxygen atoms in total. The van der Waals surface area contributed by atoms with Crippen molar-refractivity contribution in [1.82, 2.24) is 0 Å². The highest BCUT2D eigenvalue weighted by Crippen LogP contribution is 2.45. The lowest BCUT2D eigenvalue weighted by Crippen LogP contribution is -2.10. The van der Waals surface area contributed by atoms with Crippen LogP contribution < -0.4 is 0 Å². The summed E-state index contributed by atoms with van der Waals surface area (Å²) in [6.07, 6.45) is 2.60. The van der Waals surface area contributed by atoms with E-state index in [1.807, 2.05) is 0 Å². The summed E-state index contributed by atoms with van der Waals surface area (Å²) in [5.41, 5.74) is 2.90. The average Bonchev–Trinajstić information content (AvgIpc) is 2.99. The predicted octanol–water partition coefficient (Wildman–Crippen LogP) is 4.67. The van der Waals surface area contributed by atoms with Crippen molar-refractivity contribution in [3.8, 4) is 0 Å². The lowest BCUT2D eigenvalue weighted by Gasteiger charge is -2.19. The molecular weight excluding hydrogens is 204 g/mol. The zero-order valence-corrected chi connectivity index (χ0v) is 10.5. The van der Waals surface area contributed by atoms with E-state index < -0.39 is 0 Å². The third-order valence-corrected chi connectivity index (χ3v) is 3.74. The summed E-state index contributed by atoms with van der Waals surface area (Å²) >= 11 is 6.37. The Morgan fingerprint density at radius 1 is 1.13 bits per heavy atom. The molecule has 0 N–H and O–H groups in total. The first-order chi connectivity index (χ1) is 6.98. The number of benzene rings is 1. The molecule has 0 aliphatic heterocycles. The smallest absolute Gasteiger partial charge is 0.0613 e. The minimum Gasteiger partial charge on any atom is -0.118 e. The first kappa shape index (κ1) is 11.0. The molecule has 0 bridgehead atoms. The third-order valence-electron chi connectivity index (χ3n) is 3.13. The van der Waals surface area contributed by atoms with Crippen molar-refractivity contribution in [2.75, 3.05) is 0 Å². The highest BCUT2D eigenvalue weighted by atomic mass is 35.5. The molecule has 1 saturated carbocycles. The van der Waals surface area contributed by atoms with E-state index >= 15 is 0 Å². The number of hydrogen-bond acceptors (Lipinski definition) is 0. The van der Waals surface area contributed by atoms with Crippen molar-refractivity contribution in [2.45, 2.75) is 44.4 Å². The van der Waals surface area contributed by atoms with Crippen LogP contribution in [0.3, 0.4) is 0 Å². The summed E-state index contributed by atoms with van der Waals surface area (Å²) in [4.78, 5) is 0. The normalized spacial score (nSPS) is 18.9. The summed E-state index contributed by atoms with van der Waals surface area (Å²) < 4.78 is 0. The fourth-order valence-corrected chi connectivity index (χ4v) is 2.23. The minimum atomic E-state index is 0.235. The molecule has 1 unspecified atom stereocenters. The van der Waals surface area contributed by atoms with Gasteiger partial charge in [0.25, 0.3) is 0 Å². The fourth-order valence-electron chi connectivity index (χ4n) is 1.83. The van der Waals surface area contributed by atoms with Gasteiger partial charge in [0.05, 0.1) is 5.38 Å². The van der Waals surface area contributed by atoms with Crippen LogP contribution in [0.4, 0.5) is 0 Å². The van der Waals surface area contributed by atoms with Crippen molar-refractivity contribution in [3.63, 3.8) is 0 Å². The molecule has 0 amide bonds. The van der Waals surface area contributed by atoms with Crippen LogP contribution in [0.15, 0.2) is 24.3 Å². The first-order valence-electron chi connectivity index (χ1n) is 5.73. The Balaban J connectivity index is 2.16. The topological polar surface area (TPSA) is 0 Å². The van der Waals surface area contributed by atoms with Crippen molar-refractivity contribution in [2.24, 2.45) is 5.92 Å². The molecule has 0 spiro atoms. The number of alkyl halides is 1. The van der Waals surface area contributed by atoms with Gasteiger partial charge in [0.2, 0.25) is 0 Å². The van der Waals surface area contributed by atoms with Gasteiger partial charge >= 0.3 is 0 Å². The maximum absolute atomic E-state index is 6.37. The Morgan fingerprint density at radius 3 is 2.07 bits per heavy atom. The second-order valence-electron chi connectivity index (χ2n) is 5.61. The van der Waals surface area contributed by atoms with Gasteiger partial charge in [-0.3, -0.25) is 0 Å². The van der Waals surface area contributed by atoms with Gasteiger partial charge in [0, 0.05) is 0 Å². The average molecular weight is 223 g/mol. The van der Waals surface area contributed by atoms with E-state index in [1.54, 1.807) is 0 Å². The highest BCUT2D eigenvalue weighted by molar-refractivity contribution is 6.21. The zero-order chi connectivity index (χ0) is 11.1. The lowest BCUT2D eigenvalue weighted by atomic mass is 9.86. The molecular formula is C14H19Cl. The van der Waals surface area contributed by atoms with Crippen LogP contribution in [0, 0.1) is 5.92 Å². The Kier molecular flexibility index (Phi) is 2.81. The lowest BCUT2D eigenvalue weighted by molar-refractivity contribution is 0.589. The Bertz CT molecular complexity index is 327. The van der Waals surface area contributed by atoms with Crippen LogP contribution in [0.25, 0.3) is 0 Å². The number of hydrogen-bond donors (Lipinski definition) is 0. The molecule has 15 heavy (non-hydrogen) atoms. The molecule has 0 aromatic heterocycles. The molecule has 1 aromatic rings. The third kappa shape index (κ3) is 2.55. The van der Waals surface area contributed by atoms with Gasteiger partial charge < -0.3 is 0 Å². The van der Waals surface area contributed by atoms with Gasteiger partial charge in [0.15, 0.2) is 0 Å². The van der Waals surface area contributed by atoms with E-state index in [9.17, 15) is 0 Å². The second-order valence-corrected chi connectivity index (χ2v) is 6.08. The van der Waals surface area contributed by atoms with E-state index in [4.69, 9.17) is 11.6 Å². The van der Waals surface area contributed by atoms with E-state index in [2.05, 4.69) is 45.0 Å². The summed E-state index contributed by atoms with van der Waals surface area (Å²) in [5.74, 6) is 0.729. The minimum absolute atomic E-state index is 0.235. The van der Waals surface area contributed by atoms with E-state index in [-0.39, 0.29) is 10.8 Å². The van der Waals surface area contributed by atoms with Crippen LogP contribution in [0.1, 0.15) is 50.1 Å². The molecule has 1 heteroatoms. The maximum Gasteiger partial charge on any atom is 0.0613 e. The fraction of sp³-hybridized carbons (Fsp3) is 0.571. The van der Waals surface area contributed by atoms with Gasteiger partial charge in [-0.1, -0.05) is 45.0 Å². The van der Waals surface area contributed by atoms with Crippen molar-refractivity contribution in [1.29, 1.82) is 0 Å². The van der Waals surface area contributed by atoms with Gasteiger partial charge in [-0.15, -0.1) is 11.6 Å². The standard InChI is InChI=1S/C14H19Cl/c1-14(2,3)12-8-6-11(7-9-12)13(15)10-4-5-10/h6-10,13H,4-5H2,1-3H3. The summed E-state index contributed by atoms with van der Waals surface area (Å²) in [7, 11) is 0. The molecule has 1 aliphatic carbocycles. The zero-order valence-electron chi connectivity index (χ0n) is 9.76. The Labute approximate surface area is 97.6 Å². The summed E-state index contributed by atoms with van der Waals surface area (Å²) in [6.45, 7) is 6.71. The van der Waals surface area contributed by atoms with Crippen molar-refractivity contribution < 1.29 is 0 Å². The Hall–Kier alpha value is -0.490. The molecule has 1 aliphatic rings. The highest BCUT2D eigenvalue weighted by Gasteiger charge is 2.30. The molecule has 0 saturated heterocycles. The molecule has 1 atom stereocenters. The van der Waals surface area contributed by atoms with Gasteiger partial charge in [-0.2, -0.15) is 0 Å². The second kappa shape index (κ2) is 3.83. The first-order valence-corrected chi connectivity index (χ1v) is 6.16. The van der Waals surface area contributed by atoms with Crippen LogP contribution in [-0.2, 0) is 5.41 Å². The Morgan fingerprint density at radius 2 is 1.67 bits per heavy atom. The molecule has 1 aromatic carbocycles. The molecule has 82 valence electrons. The van der Waals surface area contributed by atoms with Gasteiger partial charge in [-0.25, -0.2) is 0 Å².